The van der Waals surface area contributed by atoms with E-state index in [4.69, 9.17) is 25.4 Å². The van der Waals surface area contributed by atoms with Gasteiger partial charge in [-0.05, 0) is 44.2 Å². The Balaban J connectivity index is 0.000000370. The molecule has 1 aromatic rings. The number of aryl methyl sites for hydroxylation is 1. The number of hydrogen-bond donors (Lipinski definition) is 1. The van der Waals surface area contributed by atoms with Crippen LogP contribution in [0, 0.1) is 6.92 Å². The second-order valence-corrected chi connectivity index (χ2v) is 9.29. The zero-order valence-electron chi connectivity index (χ0n) is 12.1. The van der Waals surface area contributed by atoms with Gasteiger partial charge in [-0.3, -0.25) is 4.55 Å². The predicted octanol–water partition coefficient (Wildman–Crippen LogP) is 3.24. The second-order valence-electron chi connectivity index (χ2n) is 3.85. The van der Waals surface area contributed by atoms with E-state index in [1.54, 1.807) is 25.1 Å². The molecule has 0 saturated heterocycles. The normalized spacial score (nSPS) is 11.7. The van der Waals surface area contributed by atoms with Gasteiger partial charge in [0.25, 0.3) is 10.1 Å². The van der Waals surface area contributed by atoms with Gasteiger partial charge < -0.3 is 9.05 Å². The van der Waals surface area contributed by atoms with E-state index in [0.29, 0.717) is 18.8 Å². The molecule has 0 amide bonds. The maximum absolute atomic E-state index is 10.6. The number of benzene rings is 1. The Morgan fingerprint density at radius 1 is 1.20 bits per heavy atom. The van der Waals surface area contributed by atoms with Crippen molar-refractivity contribution in [3.8, 4) is 0 Å². The second kappa shape index (κ2) is 8.87. The molecule has 1 N–H and O–H groups in total. The van der Waals surface area contributed by atoms with E-state index in [-0.39, 0.29) is 4.90 Å². The summed E-state index contributed by atoms with van der Waals surface area (Å²) in [5, 5.41) is 0. The summed E-state index contributed by atoms with van der Waals surface area (Å²) in [5.41, 5.74) is 0.551. The van der Waals surface area contributed by atoms with Gasteiger partial charge in [-0.25, -0.2) is 0 Å². The molecule has 0 atom stereocenters. The molecule has 0 spiro atoms. The Labute approximate surface area is 126 Å². The molecule has 0 aliphatic heterocycles. The van der Waals surface area contributed by atoms with Crippen molar-refractivity contribution in [2.75, 3.05) is 19.9 Å². The van der Waals surface area contributed by atoms with Gasteiger partial charge in [0, 0.05) is 6.66 Å². The third-order valence-corrected chi connectivity index (χ3v) is 5.20. The van der Waals surface area contributed by atoms with Crippen LogP contribution in [-0.4, -0.2) is 32.8 Å². The SMILES string of the molecule is CCOP(C)(=S)OCC.Cc1ccccc1S(=O)(=O)O. The molecular formula is C12H21O5PS2. The minimum absolute atomic E-state index is 0.0278. The zero-order valence-corrected chi connectivity index (χ0v) is 14.6. The lowest BCUT2D eigenvalue weighted by Gasteiger charge is -2.14. The quantitative estimate of drug-likeness (QED) is 0.655. The van der Waals surface area contributed by atoms with Crippen molar-refractivity contribution in [2.45, 2.75) is 25.7 Å². The molecule has 0 fully saturated rings. The fraction of sp³-hybridized carbons (Fsp3) is 0.500. The maximum atomic E-state index is 10.6. The van der Waals surface area contributed by atoms with Crippen LogP contribution in [0.25, 0.3) is 0 Å². The lowest BCUT2D eigenvalue weighted by molar-refractivity contribution is 0.271. The van der Waals surface area contributed by atoms with Gasteiger partial charge in [-0.15, -0.1) is 0 Å². The first kappa shape index (κ1) is 19.7. The van der Waals surface area contributed by atoms with Gasteiger partial charge in [-0.1, -0.05) is 18.2 Å². The fourth-order valence-electron chi connectivity index (χ4n) is 1.35. The summed E-state index contributed by atoms with van der Waals surface area (Å²) in [5.74, 6) is 0. The van der Waals surface area contributed by atoms with Gasteiger partial charge in [0.15, 0.2) is 6.49 Å². The molecule has 116 valence electrons. The molecular weight excluding hydrogens is 319 g/mol. The van der Waals surface area contributed by atoms with Crippen LogP contribution in [0.1, 0.15) is 19.4 Å². The van der Waals surface area contributed by atoms with Gasteiger partial charge in [0.2, 0.25) is 0 Å². The molecule has 0 bridgehead atoms. The standard InChI is InChI=1S/C7H8O3S.C5H13O2PS/c1-6-4-2-3-5-7(6)11(8,9)10;1-4-6-8(3,9)7-5-2/h2-5H,1H3,(H,8,9,10);4-5H2,1-3H3. The summed E-state index contributed by atoms with van der Waals surface area (Å²) in [6.45, 7) is 6.75. The van der Waals surface area contributed by atoms with Crippen LogP contribution in [0.3, 0.4) is 0 Å². The molecule has 0 heterocycles. The van der Waals surface area contributed by atoms with Crippen molar-refractivity contribution in [2.24, 2.45) is 0 Å². The minimum atomic E-state index is -4.03. The van der Waals surface area contributed by atoms with Crippen LogP contribution in [0.4, 0.5) is 0 Å². The topological polar surface area (TPSA) is 72.8 Å². The third kappa shape index (κ3) is 8.09. The summed E-state index contributed by atoms with van der Waals surface area (Å²) in [7, 11) is -4.03. The minimum Gasteiger partial charge on any atom is -0.330 e. The van der Waals surface area contributed by atoms with Crippen LogP contribution in [0.2, 0.25) is 0 Å². The molecule has 8 heteroatoms. The van der Waals surface area contributed by atoms with Crippen LogP contribution in [0.5, 0.6) is 0 Å². The van der Waals surface area contributed by atoms with E-state index in [0.717, 1.165) is 0 Å². The third-order valence-electron chi connectivity index (χ3n) is 2.10. The van der Waals surface area contributed by atoms with Crippen molar-refractivity contribution in [3.63, 3.8) is 0 Å². The fourth-order valence-corrected chi connectivity index (χ4v) is 3.72. The molecule has 20 heavy (non-hydrogen) atoms. The van der Waals surface area contributed by atoms with Gasteiger partial charge in [-0.2, -0.15) is 8.42 Å². The molecule has 5 nitrogen and oxygen atoms in total. The van der Waals surface area contributed by atoms with E-state index in [1.807, 2.05) is 20.5 Å². The highest BCUT2D eigenvalue weighted by Gasteiger charge is 2.10. The Morgan fingerprint density at radius 3 is 1.95 bits per heavy atom. The first-order valence-corrected chi connectivity index (χ1v) is 10.6. The molecule has 1 rings (SSSR count). The summed E-state index contributed by atoms with van der Waals surface area (Å²) >= 11 is 5.01. The molecule has 0 aliphatic rings. The monoisotopic (exact) mass is 340 g/mol. The van der Waals surface area contributed by atoms with Crippen LogP contribution in [0.15, 0.2) is 29.2 Å². The molecule has 0 radical (unpaired) electrons. The van der Waals surface area contributed by atoms with Crippen molar-refractivity contribution in [3.05, 3.63) is 29.8 Å². The first-order valence-electron chi connectivity index (χ1n) is 6.03. The lowest BCUT2D eigenvalue weighted by atomic mass is 10.2. The highest BCUT2D eigenvalue weighted by Crippen LogP contribution is 2.43. The molecule has 0 aromatic heterocycles. The van der Waals surface area contributed by atoms with E-state index >= 15 is 0 Å². The lowest BCUT2D eigenvalue weighted by Crippen LogP contribution is -1.99. The van der Waals surface area contributed by atoms with Crippen molar-refractivity contribution >= 4 is 28.4 Å². The Morgan fingerprint density at radius 2 is 1.65 bits per heavy atom. The summed E-state index contributed by atoms with van der Waals surface area (Å²) < 4.78 is 40.2. The average Bonchev–Trinajstić information content (AvgIpc) is 2.28. The van der Waals surface area contributed by atoms with Crippen LogP contribution >= 0.6 is 6.49 Å². The predicted molar refractivity (Wildman–Crippen MR) is 84.5 cm³/mol. The smallest absolute Gasteiger partial charge is 0.294 e. The largest absolute Gasteiger partial charge is 0.330 e. The summed E-state index contributed by atoms with van der Waals surface area (Å²) in [4.78, 5) is -0.0278. The summed E-state index contributed by atoms with van der Waals surface area (Å²) in [6.07, 6.45) is 0. The Bertz CT molecular complexity index is 547. The maximum Gasteiger partial charge on any atom is 0.294 e. The van der Waals surface area contributed by atoms with Gasteiger partial charge in [0.1, 0.15) is 0 Å². The van der Waals surface area contributed by atoms with Gasteiger partial charge in [0.05, 0.1) is 18.1 Å². The Hall–Kier alpha value is -0.300. The van der Waals surface area contributed by atoms with Crippen molar-refractivity contribution < 1.29 is 22.0 Å². The highest BCUT2D eigenvalue weighted by molar-refractivity contribution is 8.09. The average molecular weight is 340 g/mol. The first-order chi connectivity index (χ1) is 9.14. The Kier molecular flexibility index (Phi) is 8.74. The van der Waals surface area contributed by atoms with E-state index in [9.17, 15) is 8.42 Å². The van der Waals surface area contributed by atoms with E-state index in [2.05, 4.69) is 0 Å². The summed E-state index contributed by atoms with van der Waals surface area (Å²) in [6, 6.07) is 6.27. The zero-order chi connectivity index (χ0) is 15.8. The van der Waals surface area contributed by atoms with Crippen molar-refractivity contribution in [1.82, 2.24) is 0 Å². The van der Waals surface area contributed by atoms with Crippen molar-refractivity contribution in [1.29, 1.82) is 0 Å². The van der Waals surface area contributed by atoms with Crippen LogP contribution < -0.4 is 0 Å². The molecule has 0 unspecified atom stereocenters. The molecule has 0 saturated carbocycles. The van der Waals surface area contributed by atoms with Gasteiger partial charge >= 0.3 is 0 Å². The molecule has 0 aliphatic carbocycles. The highest BCUT2D eigenvalue weighted by atomic mass is 32.5. The van der Waals surface area contributed by atoms with E-state index < -0.39 is 16.6 Å². The number of rotatable bonds is 5. The number of hydrogen-bond acceptors (Lipinski definition) is 5. The van der Waals surface area contributed by atoms with Crippen LogP contribution in [-0.2, 0) is 31.0 Å². The van der Waals surface area contributed by atoms with E-state index in [1.165, 1.54) is 6.07 Å². The molecule has 1 aromatic carbocycles.